The monoisotopic (exact) mass is 708 g/mol. The van der Waals surface area contributed by atoms with Gasteiger partial charge in [0.1, 0.15) is 0 Å². The predicted molar refractivity (Wildman–Crippen MR) is 69.0 cm³/mol. The van der Waals surface area contributed by atoms with Gasteiger partial charge in [-0.2, -0.15) is 0 Å². The van der Waals surface area contributed by atoms with Crippen molar-refractivity contribution in [3.63, 3.8) is 0 Å². The molecule has 0 aliphatic rings. The summed E-state index contributed by atoms with van der Waals surface area (Å²) < 4.78 is 0. The van der Waals surface area contributed by atoms with Crippen LogP contribution in [0, 0.1) is 0 Å². The van der Waals surface area contributed by atoms with Gasteiger partial charge in [-0.15, -0.1) is 0 Å². The maximum Gasteiger partial charge on any atom is -0.278 e. The number of hydrogen-bond acceptors (Lipinski definition) is 36. The first-order valence-electron chi connectivity index (χ1n) is 8.49. The second kappa shape index (κ2) is 76.3. The highest BCUT2D eigenvalue weighted by atomic mass is 16.6. The molecule has 0 unspecified atom stereocenters. The third kappa shape index (κ3) is 204000. The number of hydrogen-bond donors (Lipinski definition) is 0. The lowest BCUT2D eigenvalue weighted by molar-refractivity contribution is -0.481. The topological polar surface area (TPSA) is 830 Å². The average Bonchev–Trinajstić information content (AvgIpc) is 2.61. The fourth-order valence-electron chi connectivity index (χ4n) is 0. The van der Waals surface area contributed by atoms with Gasteiger partial charge in [0, 0.05) is 0 Å². The molecule has 0 radical (unpaired) electrons. The Hall–Kier alpha value is -0.661. The zero-order valence-electron chi connectivity index (χ0n) is 21.6. The van der Waals surface area contributed by atoms with Crippen LogP contribution in [0.15, 0.2) is 0 Å². The van der Waals surface area contributed by atoms with Crippen molar-refractivity contribution in [2.45, 2.75) is 0 Å². The molecule has 0 rings (SSSR count). The van der Waals surface area contributed by atoms with Gasteiger partial charge in [-0.3, -0.25) is 87.9 Å². The van der Waals surface area contributed by atoms with Crippen LogP contribution < -0.4 is 181 Å². The molecule has 48 heavy (non-hydrogen) atoms. The standard InChI is InChI=1S/12BO3/c12*2-1(3)4/q12*-3. The molecule has 0 heterocycles. The van der Waals surface area contributed by atoms with Crippen LogP contribution >= 0.6 is 0 Å². The molecule has 0 aliphatic heterocycles. The average molecular weight is 706 g/mol. The third-order valence-corrected chi connectivity index (χ3v) is 0. The van der Waals surface area contributed by atoms with E-state index in [0.29, 0.717) is 0 Å². The molecule has 36 nitrogen and oxygen atoms in total. The van der Waals surface area contributed by atoms with Crippen molar-refractivity contribution in [1.82, 2.24) is 0 Å². The Bertz CT molecular complexity index is 225. The van der Waals surface area contributed by atoms with E-state index in [-0.39, 0.29) is 0 Å². The minimum absolute atomic E-state index is 2.92. The lowest BCUT2D eigenvalue weighted by atomic mass is 10.3. The fraction of sp³-hybridized carbons (Fsp3) is 0. The highest BCUT2D eigenvalue weighted by Crippen LogP contribution is 1.03. The highest BCUT2D eigenvalue weighted by Gasteiger charge is 1.21. The Morgan fingerprint density at radius 1 is 0.0833 bits per heavy atom. The molecular weight excluding hydrogens is 706 g/mol. The minimum atomic E-state index is -2.92. The van der Waals surface area contributed by atoms with Crippen LogP contribution in [0.1, 0.15) is 0 Å². The predicted octanol–water partition coefficient (Wildman–Crippen LogP) is -47.4. The van der Waals surface area contributed by atoms with Crippen LogP contribution in [0.4, 0.5) is 0 Å². The van der Waals surface area contributed by atoms with E-state index in [0.717, 1.165) is 0 Å². The van der Waals surface area contributed by atoms with E-state index >= 15 is 0 Å². The van der Waals surface area contributed by atoms with E-state index < -0.39 is 87.9 Å². The smallest absolute Gasteiger partial charge is 0.278 e. The zero-order valence-corrected chi connectivity index (χ0v) is 21.6. The fourth-order valence-corrected chi connectivity index (χ4v) is 0. The van der Waals surface area contributed by atoms with Gasteiger partial charge in [0.05, 0.1) is 0 Å². The summed E-state index contributed by atoms with van der Waals surface area (Å²) in [5, 5.41) is 303. The molecule has 0 spiro atoms. The summed E-state index contributed by atoms with van der Waals surface area (Å²) >= 11 is 0. The second-order valence-electron chi connectivity index (χ2n) is 3.46. The van der Waals surface area contributed by atoms with Crippen molar-refractivity contribution >= 4 is 87.9 Å². The van der Waals surface area contributed by atoms with E-state index in [4.69, 9.17) is 181 Å². The Labute approximate surface area is 269 Å². The van der Waals surface area contributed by atoms with E-state index in [1.54, 1.807) is 0 Å². The lowest BCUT2D eigenvalue weighted by Crippen LogP contribution is -2.56. The minimum Gasteiger partial charge on any atom is -0.907 e. The van der Waals surface area contributed by atoms with Gasteiger partial charge >= 0.3 is 0 Å². The Morgan fingerprint density at radius 3 is 0.0833 bits per heavy atom. The molecule has 0 N–H and O–H groups in total. The summed E-state index contributed by atoms with van der Waals surface area (Å²) in [6.07, 6.45) is 0. The van der Waals surface area contributed by atoms with Crippen LogP contribution in [-0.2, 0) is 0 Å². The first-order valence-corrected chi connectivity index (χ1v) is 8.49. The van der Waals surface area contributed by atoms with Crippen molar-refractivity contribution in [2.75, 3.05) is 0 Å². The van der Waals surface area contributed by atoms with Crippen LogP contribution in [0.2, 0.25) is 0 Å². The van der Waals surface area contributed by atoms with Crippen molar-refractivity contribution < 1.29 is 181 Å². The molecule has 0 saturated carbocycles. The van der Waals surface area contributed by atoms with Crippen LogP contribution in [0.25, 0.3) is 0 Å². The first kappa shape index (κ1) is 81.4. The van der Waals surface area contributed by atoms with Crippen LogP contribution in [0.5, 0.6) is 0 Å². The molecule has 0 atom stereocenters. The molecule has 0 aliphatic carbocycles. The first-order chi connectivity index (χ1) is 20.8. The van der Waals surface area contributed by atoms with Gasteiger partial charge < -0.3 is 181 Å². The van der Waals surface area contributed by atoms with Crippen molar-refractivity contribution in [3.8, 4) is 0 Å². The summed E-state index contributed by atoms with van der Waals surface area (Å²) in [6.45, 7) is 0. The molecule has 0 aromatic heterocycles. The second-order valence-corrected chi connectivity index (χ2v) is 3.46. The zero-order chi connectivity index (χ0) is 42.9. The SMILES string of the molecule is [O-]B([O-])[O-].[O-]B([O-])[O-].[O-]B([O-])[O-].[O-]B([O-])[O-].[O-]B([O-])[O-].[O-]B([O-])[O-].[O-]B([O-])[O-].[O-]B([O-])[O-].[O-]B([O-])[O-].[O-]B([O-])[O-].[O-]B([O-])[O-].[O-]B([O-])[O-]. The van der Waals surface area contributed by atoms with Gasteiger partial charge in [0.25, 0.3) is 0 Å². The Kier molecular flexibility index (Phi) is 129. The Balaban J connectivity index is -0.0000000295. The quantitative estimate of drug-likeness (QED) is 0.211. The normalized spacial score (nSPS) is 6.75. The van der Waals surface area contributed by atoms with Crippen molar-refractivity contribution in [2.24, 2.45) is 0 Å². The van der Waals surface area contributed by atoms with Gasteiger partial charge in [0.2, 0.25) is 0 Å². The van der Waals surface area contributed by atoms with Crippen LogP contribution in [-0.4, -0.2) is 87.9 Å². The van der Waals surface area contributed by atoms with Gasteiger partial charge in [0.15, 0.2) is 0 Å². The molecule has 48 heteroatoms. The summed E-state index contributed by atoms with van der Waals surface area (Å²) in [7, 11) is -35.0. The molecular formula is B12O36-36. The van der Waals surface area contributed by atoms with E-state index in [1.807, 2.05) is 0 Å². The summed E-state index contributed by atoms with van der Waals surface area (Å²) in [5.41, 5.74) is 0. The summed E-state index contributed by atoms with van der Waals surface area (Å²) in [6, 6.07) is 0. The highest BCUT2D eigenvalue weighted by molar-refractivity contribution is 6.26. The maximum absolute atomic E-state index is 8.42. The summed E-state index contributed by atoms with van der Waals surface area (Å²) in [5.74, 6) is 0. The molecule has 288 valence electrons. The molecule has 0 fully saturated rings. The lowest BCUT2D eigenvalue weighted by Gasteiger charge is -2.35. The Morgan fingerprint density at radius 2 is 0.0833 bits per heavy atom. The van der Waals surface area contributed by atoms with Gasteiger partial charge in [-0.05, 0) is 0 Å². The van der Waals surface area contributed by atoms with Crippen LogP contribution in [0.3, 0.4) is 0 Å². The van der Waals surface area contributed by atoms with E-state index in [9.17, 15) is 0 Å². The molecule has 0 saturated heterocycles. The third-order valence-electron chi connectivity index (χ3n) is 0. The summed E-state index contributed by atoms with van der Waals surface area (Å²) in [4.78, 5) is 0. The van der Waals surface area contributed by atoms with E-state index in [1.165, 1.54) is 0 Å². The molecule has 0 bridgehead atoms. The van der Waals surface area contributed by atoms with Gasteiger partial charge in [-0.1, -0.05) is 0 Å². The van der Waals surface area contributed by atoms with E-state index in [2.05, 4.69) is 0 Å². The number of rotatable bonds is 0. The molecule has 0 aromatic rings. The van der Waals surface area contributed by atoms with Gasteiger partial charge in [-0.25, -0.2) is 0 Å². The largest absolute Gasteiger partial charge is 0.907 e. The maximum atomic E-state index is 8.42. The molecule has 0 aromatic carbocycles. The van der Waals surface area contributed by atoms with Crippen molar-refractivity contribution in [1.29, 1.82) is 0 Å². The molecule has 0 amide bonds. The van der Waals surface area contributed by atoms with Crippen molar-refractivity contribution in [3.05, 3.63) is 0 Å².